The maximum absolute atomic E-state index is 5.01. The highest BCUT2D eigenvalue weighted by molar-refractivity contribution is 14.0. The second kappa shape index (κ2) is 13.5. The monoisotopic (exact) mass is 527 g/mol. The van der Waals surface area contributed by atoms with Crippen LogP contribution in [0.2, 0.25) is 0 Å². The Labute approximate surface area is 201 Å². The lowest BCUT2D eigenvalue weighted by Gasteiger charge is -2.35. The van der Waals surface area contributed by atoms with Gasteiger partial charge in [0.1, 0.15) is 0 Å². The lowest BCUT2D eigenvalue weighted by Crippen LogP contribution is -2.46. The molecule has 1 aromatic carbocycles. The smallest absolute Gasteiger partial charge is 0.191 e. The molecule has 2 aliphatic heterocycles. The van der Waals surface area contributed by atoms with Gasteiger partial charge in [-0.15, -0.1) is 24.0 Å². The number of hydrogen-bond donors (Lipinski definition) is 2. The summed E-state index contributed by atoms with van der Waals surface area (Å²) in [5, 5.41) is 7.10. The first-order valence-electron chi connectivity index (χ1n) is 11.7. The van der Waals surface area contributed by atoms with Crippen molar-refractivity contribution >= 4 is 29.9 Å². The molecule has 0 radical (unpaired) electrons. The molecule has 2 saturated heterocycles. The molecule has 30 heavy (non-hydrogen) atoms. The van der Waals surface area contributed by atoms with Crippen LogP contribution in [0.15, 0.2) is 35.3 Å². The third-order valence-electron chi connectivity index (χ3n) is 6.37. The van der Waals surface area contributed by atoms with Gasteiger partial charge in [-0.25, -0.2) is 0 Å². The minimum atomic E-state index is 0. The second-order valence-electron chi connectivity index (χ2n) is 8.87. The van der Waals surface area contributed by atoms with E-state index in [1.807, 2.05) is 0 Å². The Balaban J connectivity index is 0.00000320. The molecule has 2 atom stereocenters. The van der Waals surface area contributed by atoms with Gasteiger partial charge < -0.3 is 15.5 Å². The number of rotatable bonds is 8. The molecular formula is C24H42IN5. The van der Waals surface area contributed by atoms with Gasteiger partial charge in [0, 0.05) is 25.7 Å². The molecule has 2 fully saturated rings. The highest BCUT2D eigenvalue weighted by Crippen LogP contribution is 2.25. The van der Waals surface area contributed by atoms with E-state index >= 15 is 0 Å². The highest BCUT2D eigenvalue weighted by atomic mass is 127. The standard InChI is InChI=1S/C24H41N5.HI/c1-4-25-24(26-17-21-11-10-16-29(19-21)20(2)3)27-18-23(28-14-8-9-15-28)22-12-6-5-7-13-22;/h5-7,12-13,20-21,23H,4,8-11,14-19H2,1-3H3,(H2,25,26,27);1H. The van der Waals surface area contributed by atoms with E-state index in [-0.39, 0.29) is 24.0 Å². The van der Waals surface area contributed by atoms with Crippen molar-refractivity contribution in [2.75, 3.05) is 45.8 Å². The van der Waals surface area contributed by atoms with Crippen LogP contribution in [0, 0.1) is 5.92 Å². The summed E-state index contributed by atoms with van der Waals surface area (Å²) in [7, 11) is 0. The SMILES string of the molecule is CCNC(=NCC(c1ccccc1)N1CCCC1)NCC1CCCN(C(C)C)C1.I. The molecule has 170 valence electrons. The molecule has 0 spiro atoms. The van der Waals surface area contributed by atoms with Crippen LogP contribution in [-0.4, -0.2) is 67.6 Å². The summed E-state index contributed by atoms with van der Waals surface area (Å²) in [6, 6.07) is 11.9. The Morgan fingerprint density at radius 3 is 2.40 bits per heavy atom. The van der Waals surface area contributed by atoms with Gasteiger partial charge in [0.2, 0.25) is 0 Å². The first-order valence-corrected chi connectivity index (χ1v) is 11.7. The van der Waals surface area contributed by atoms with E-state index in [2.05, 4.69) is 71.5 Å². The molecule has 5 nitrogen and oxygen atoms in total. The molecule has 0 saturated carbocycles. The molecule has 3 rings (SSSR count). The second-order valence-corrected chi connectivity index (χ2v) is 8.87. The molecule has 0 aliphatic carbocycles. The van der Waals surface area contributed by atoms with Gasteiger partial charge in [0.15, 0.2) is 5.96 Å². The average Bonchev–Trinajstić information content (AvgIpc) is 3.27. The molecule has 0 aromatic heterocycles. The fourth-order valence-corrected chi connectivity index (χ4v) is 4.65. The van der Waals surface area contributed by atoms with Crippen LogP contribution in [0.5, 0.6) is 0 Å². The molecular weight excluding hydrogens is 485 g/mol. The molecule has 2 aliphatic rings. The lowest BCUT2D eigenvalue weighted by molar-refractivity contribution is 0.141. The van der Waals surface area contributed by atoms with Gasteiger partial charge >= 0.3 is 0 Å². The van der Waals surface area contributed by atoms with Gasteiger partial charge in [-0.2, -0.15) is 0 Å². The Hall–Kier alpha value is -0.860. The summed E-state index contributed by atoms with van der Waals surface area (Å²) in [5.41, 5.74) is 1.38. The number of nitrogens with zero attached hydrogens (tertiary/aromatic N) is 3. The molecule has 1 aromatic rings. The minimum Gasteiger partial charge on any atom is -0.357 e. The van der Waals surface area contributed by atoms with E-state index in [4.69, 9.17) is 4.99 Å². The largest absolute Gasteiger partial charge is 0.357 e. The zero-order valence-electron chi connectivity index (χ0n) is 19.1. The van der Waals surface area contributed by atoms with Crippen molar-refractivity contribution in [2.45, 2.75) is 58.5 Å². The third kappa shape index (κ3) is 7.68. The van der Waals surface area contributed by atoms with Crippen LogP contribution in [-0.2, 0) is 0 Å². The van der Waals surface area contributed by atoms with Gasteiger partial charge in [-0.1, -0.05) is 30.3 Å². The number of halogens is 1. The third-order valence-corrected chi connectivity index (χ3v) is 6.37. The maximum atomic E-state index is 5.01. The maximum Gasteiger partial charge on any atom is 0.191 e. The number of nitrogens with one attached hydrogen (secondary N) is 2. The fourth-order valence-electron chi connectivity index (χ4n) is 4.65. The van der Waals surface area contributed by atoms with Gasteiger partial charge in [-0.05, 0) is 77.6 Å². The van der Waals surface area contributed by atoms with Crippen molar-refractivity contribution in [1.29, 1.82) is 0 Å². The predicted molar refractivity (Wildman–Crippen MR) is 139 cm³/mol. The Bertz CT molecular complexity index is 615. The van der Waals surface area contributed by atoms with Crippen molar-refractivity contribution in [3.63, 3.8) is 0 Å². The van der Waals surface area contributed by atoms with Gasteiger partial charge in [-0.3, -0.25) is 9.89 Å². The minimum absolute atomic E-state index is 0. The normalized spacial score (nSPS) is 22.0. The number of piperidine rings is 1. The van der Waals surface area contributed by atoms with E-state index in [9.17, 15) is 0 Å². The Kier molecular flexibility index (Phi) is 11.5. The van der Waals surface area contributed by atoms with Gasteiger partial charge in [0.05, 0.1) is 12.6 Å². The Morgan fingerprint density at radius 2 is 1.73 bits per heavy atom. The molecule has 2 heterocycles. The summed E-state index contributed by atoms with van der Waals surface area (Å²) in [4.78, 5) is 10.2. The lowest BCUT2D eigenvalue weighted by atomic mass is 9.97. The van der Waals surface area contributed by atoms with Crippen molar-refractivity contribution in [3.05, 3.63) is 35.9 Å². The summed E-state index contributed by atoms with van der Waals surface area (Å²) in [6.07, 6.45) is 5.23. The zero-order valence-corrected chi connectivity index (χ0v) is 21.5. The number of aliphatic imine (C=N–C) groups is 1. The first kappa shape index (κ1) is 25.4. The summed E-state index contributed by atoms with van der Waals surface area (Å²) < 4.78 is 0. The van der Waals surface area contributed by atoms with E-state index in [0.717, 1.165) is 25.6 Å². The molecule has 0 bridgehead atoms. The Morgan fingerprint density at radius 1 is 1.03 bits per heavy atom. The summed E-state index contributed by atoms with van der Waals surface area (Å²) in [6.45, 7) is 14.3. The van der Waals surface area contributed by atoms with Gasteiger partial charge in [0.25, 0.3) is 0 Å². The van der Waals surface area contributed by atoms with E-state index < -0.39 is 0 Å². The quantitative estimate of drug-likeness (QED) is 0.304. The molecule has 6 heteroatoms. The van der Waals surface area contributed by atoms with E-state index in [1.165, 1.54) is 57.4 Å². The van der Waals surface area contributed by atoms with Crippen LogP contribution in [0.3, 0.4) is 0 Å². The van der Waals surface area contributed by atoms with Crippen molar-refractivity contribution in [1.82, 2.24) is 20.4 Å². The molecule has 0 amide bonds. The van der Waals surface area contributed by atoms with Crippen LogP contribution < -0.4 is 10.6 Å². The van der Waals surface area contributed by atoms with Crippen LogP contribution >= 0.6 is 24.0 Å². The predicted octanol–water partition coefficient (Wildman–Crippen LogP) is 4.12. The van der Waals surface area contributed by atoms with Crippen molar-refractivity contribution in [2.24, 2.45) is 10.9 Å². The molecule has 2 unspecified atom stereocenters. The summed E-state index contributed by atoms with van der Waals surface area (Å²) >= 11 is 0. The van der Waals surface area contributed by atoms with Crippen LogP contribution in [0.4, 0.5) is 0 Å². The van der Waals surface area contributed by atoms with Crippen molar-refractivity contribution in [3.8, 4) is 0 Å². The average molecular weight is 528 g/mol. The van der Waals surface area contributed by atoms with E-state index in [1.54, 1.807) is 0 Å². The first-order chi connectivity index (χ1) is 14.2. The number of guanidine groups is 1. The number of benzene rings is 1. The van der Waals surface area contributed by atoms with Crippen LogP contribution in [0.25, 0.3) is 0 Å². The van der Waals surface area contributed by atoms with E-state index in [0.29, 0.717) is 18.0 Å². The fraction of sp³-hybridized carbons (Fsp3) is 0.708. The molecule has 2 N–H and O–H groups in total. The number of hydrogen-bond acceptors (Lipinski definition) is 3. The number of likely N-dealkylation sites (tertiary alicyclic amines) is 2. The highest BCUT2D eigenvalue weighted by Gasteiger charge is 2.24. The van der Waals surface area contributed by atoms with Crippen molar-refractivity contribution < 1.29 is 0 Å². The summed E-state index contributed by atoms with van der Waals surface area (Å²) in [5.74, 6) is 1.67. The topological polar surface area (TPSA) is 42.9 Å². The zero-order chi connectivity index (χ0) is 20.5. The van der Waals surface area contributed by atoms with Crippen LogP contribution in [0.1, 0.15) is 58.1 Å².